The van der Waals surface area contributed by atoms with Crippen LogP contribution in [0.15, 0.2) is 45.4 Å². The Morgan fingerprint density at radius 2 is 2.00 bits per heavy atom. The van der Waals surface area contributed by atoms with E-state index in [4.69, 9.17) is 4.42 Å². The number of fused-ring (bicyclic) bond motifs is 1. The third kappa shape index (κ3) is 2.83. The van der Waals surface area contributed by atoms with Gasteiger partial charge >= 0.3 is 0 Å². The summed E-state index contributed by atoms with van der Waals surface area (Å²) in [6.07, 6.45) is 0. The molecule has 0 aliphatic carbocycles. The lowest BCUT2D eigenvalue weighted by Gasteiger charge is -2.06. The van der Waals surface area contributed by atoms with Crippen molar-refractivity contribution in [1.29, 1.82) is 0 Å². The fraction of sp³-hybridized carbons (Fsp3) is 0.125. The van der Waals surface area contributed by atoms with Crippen LogP contribution < -0.4 is 5.32 Å². The molecule has 2 heterocycles. The van der Waals surface area contributed by atoms with Crippen LogP contribution in [0.2, 0.25) is 0 Å². The molecule has 3 rings (SSSR count). The monoisotopic (exact) mass is 344 g/mol. The Kier molecular flexibility index (Phi) is 3.51. The summed E-state index contributed by atoms with van der Waals surface area (Å²) in [6, 6.07) is 11.1. The van der Waals surface area contributed by atoms with Crippen molar-refractivity contribution < 1.29 is 9.21 Å². The van der Waals surface area contributed by atoms with Crippen molar-refractivity contribution >= 4 is 38.5 Å². The highest BCUT2D eigenvalue weighted by atomic mass is 79.9. The molecule has 0 aliphatic rings. The molecule has 0 saturated carbocycles. The summed E-state index contributed by atoms with van der Waals surface area (Å²) in [5.41, 5.74) is 3.24. The van der Waals surface area contributed by atoms with E-state index < -0.39 is 0 Å². The summed E-state index contributed by atoms with van der Waals surface area (Å²) in [4.78, 5) is 16.5. The standard InChI is InChI=1S/C16H13BrN2O2/c1-9-3-5-13-11(7-9)8-14(21-13)16(20)19-12-4-6-15(17)18-10(12)2/h3-8H,1-2H3,(H,19,20). The number of rotatable bonds is 2. The molecule has 1 amide bonds. The van der Waals surface area contributed by atoms with Gasteiger partial charge in [-0.25, -0.2) is 4.98 Å². The van der Waals surface area contributed by atoms with E-state index in [0.717, 1.165) is 21.2 Å². The minimum Gasteiger partial charge on any atom is -0.451 e. The topological polar surface area (TPSA) is 55.1 Å². The number of carbonyl (C=O) groups excluding carboxylic acids is 1. The summed E-state index contributed by atoms with van der Waals surface area (Å²) >= 11 is 3.30. The van der Waals surface area contributed by atoms with Crippen molar-refractivity contribution in [3.05, 3.63) is 58.0 Å². The molecule has 3 aromatic rings. The summed E-state index contributed by atoms with van der Waals surface area (Å²) in [5, 5.41) is 3.74. The van der Waals surface area contributed by atoms with E-state index in [0.29, 0.717) is 11.3 Å². The van der Waals surface area contributed by atoms with Crippen molar-refractivity contribution in [2.45, 2.75) is 13.8 Å². The van der Waals surface area contributed by atoms with Gasteiger partial charge in [-0.05, 0) is 60.1 Å². The maximum absolute atomic E-state index is 12.3. The number of carbonyl (C=O) groups is 1. The molecule has 1 aromatic carbocycles. The molecule has 5 heteroatoms. The number of pyridine rings is 1. The van der Waals surface area contributed by atoms with Crippen LogP contribution in [-0.4, -0.2) is 10.9 Å². The molecule has 0 radical (unpaired) electrons. The van der Waals surface area contributed by atoms with Gasteiger partial charge in [-0.3, -0.25) is 4.79 Å². The smallest absolute Gasteiger partial charge is 0.291 e. The fourth-order valence-electron chi connectivity index (χ4n) is 2.12. The molecular formula is C16H13BrN2O2. The van der Waals surface area contributed by atoms with Gasteiger partial charge in [-0.1, -0.05) is 11.6 Å². The second-order valence-corrected chi connectivity index (χ2v) is 5.69. The van der Waals surface area contributed by atoms with Gasteiger partial charge in [0.05, 0.1) is 11.4 Å². The normalized spacial score (nSPS) is 10.8. The van der Waals surface area contributed by atoms with Crippen LogP contribution in [0, 0.1) is 13.8 Å². The number of nitrogens with zero attached hydrogens (tertiary/aromatic N) is 1. The molecule has 0 unspecified atom stereocenters. The van der Waals surface area contributed by atoms with Crippen LogP contribution in [0.25, 0.3) is 11.0 Å². The van der Waals surface area contributed by atoms with Crippen LogP contribution in [-0.2, 0) is 0 Å². The van der Waals surface area contributed by atoms with Gasteiger partial charge in [0.1, 0.15) is 10.2 Å². The average Bonchev–Trinajstić information content (AvgIpc) is 2.85. The fourth-order valence-corrected chi connectivity index (χ4v) is 2.52. The molecule has 4 nitrogen and oxygen atoms in total. The number of furan rings is 1. The van der Waals surface area contributed by atoms with E-state index in [9.17, 15) is 4.79 Å². The van der Waals surface area contributed by atoms with Gasteiger partial charge in [0.2, 0.25) is 0 Å². The zero-order valence-corrected chi connectivity index (χ0v) is 13.2. The Labute approximate surface area is 130 Å². The van der Waals surface area contributed by atoms with Crippen LogP contribution in [0.1, 0.15) is 21.8 Å². The molecule has 2 aromatic heterocycles. The first-order valence-corrected chi connectivity index (χ1v) is 7.27. The van der Waals surface area contributed by atoms with Gasteiger partial charge in [0.15, 0.2) is 5.76 Å². The van der Waals surface area contributed by atoms with E-state index in [1.807, 2.05) is 32.0 Å². The zero-order valence-electron chi connectivity index (χ0n) is 11.6. The summed E-state index contributed by atoms with van der Waals surface area (Å²) in [7, 11) is 0. The molecule has 0 saturated heterocycles. The number of halogens is 1. The highest BCUT2D eigenvalue weighted by Gasteiger charge is 2.14. The van der Waals surface area contributed by atoms with E-state index in [1.165, 1.54) is 0 Å². The SMILES string of the molecule is Cc1ccc2oc(C(=O)Nc3ccc(Br)nc3C)cc2c1. The first kappa shape index (κ1) is 13.8. The van der Waals surface area contributed by atoms with Crippen molar-refractivity contribution in [3.63, 3.8) is 0 Å². The Morgan fingerprint density at radius 3 is 2.76 bits per heavy atom. The first-order valence-electron chi connectivity index (χ1n) is 6.47. The third-order valence-corrected chi connectivity index (χ3v) is 3.64. The lowest BCUT2D eigenvalue weighted by atomic mass is 10.2. The van der Waals surface area contributed by atoms with E-state index in [2.05, 4.69) is 26.2 Å². The van der Waals surface area contributed by atoms with Gasteiger partial charge in [0, 0.05) is 5.39 Å². The summed E-state index contributed by atoms with van der Waals surface area (Å²) < 4.78 is 6.31. The van der Waals surface area contributed by atoms with E-state index >= 15 is 0 Å². The highest BCUT2D eigenvalue weighted by Crippen LogP contribution is 2.22. The number of aryl methyl sites for hydroxylation is 2. The molecule has 0 fully saturated rings. The maximum atomic E-state index is 12.3. The predicted octanol–water partition coefficient (Wildman–Crippen LogP) is 4.46. The molecule has 21 heavy (non-hydrogen) atoms. The molecule has 0 aliphatic heterocycles. The predicted molar refractivity (Wildman–Crippen MR) is 85.6 cm³/mol. The highest BCUT2D eigenvalue weighted by molar-refractivity contribution is 9.10. The van der Waals surface area contributed by atoms with Crippen LogP contribution in [0.4, 0.5) is 5.69 Å². The summed E-state index contributed by atoms with van der Waals surface area (Å²) in [5.74, 6) is 0.00833. The number of anilines is 1. The number of hydrogen-bond donors (Lipinski definition) is 1. The van der Waals surface area contributed by atoms with Crippen LogP contribution >= 0.6 is 15.9 Å². The maximum Gasteiger partial charge on any atom is 0.291 e. The number of amides is 1. The molecule has 0 spiro atoms. The van der Waals surface area contributed by atoms with Gasteiger partial charge in [-0.2, -0.15) is 0 Å². The van der Waals surface area contributed by atoms with Gasteiger partial charge < -0.3 is 9.73 Å². The molecule has 106 valence electrons. The van der Waals surface area contributed by atoms with Crippen molar-refractivity contribution in [3.8, 4) is 0 Å². The zero-order chi connectivity index (χ0) is 15.0. The Morgan fingerprint density at radius 1 is 1.19 bits per heavy atom. The van der Waals surface area contributed by atoms with Crippen molar-refractivity contribution in [2.24, 2.45) is 0 Å². The van der Waals surface area contributed by atoms with Gasteiger partial charge in [-0.15, -0.1) is 0 Å². The third-order valence-electron chi connectivity index (χ3n) is 3.20. The number of benzene rings is 1. The first-order chi connectivity index (χ1) is 10.0. The Hall–Kier alpha value is -2.14. The second-order valence-electron chi connectivity index (χ2n) is 4.87. The van der Waals surface area contributed by atoms with Crippen LogP contribution in [0.3, 0.4) is 0 Å². The second kappa shape index (κ2) is 5.33. The lowest BCUT2D eigenvalue weighted by molar-refractivity contribution is 0.0998. The van der Waals surface area contributed by atoms with E-state index in [-0.39, 0.29) is 11.7 Å². The molecule has 1 N–H and O–H groups in total. The van der Waals surface area contributed by atoms with Crippen molar-refractivity contribution in [1.82, 2.24) is 4.98 Å². The van der Waals surface area contributed by atoms with E-state index in [1.54, 1.807) is 18.2 Å². The van der Waals surface area contributed by atoms with Crippen molar-refractivity contribution in [2.75, 3.05) is 5.32 Å². The minimum absolute atomic E-state index is 0.281. The average molecular weight is 345 g/mol. The number of aromatic nitrogens is 1. The minimum atomic E-state index is -0.281. The Balaban J connectivity index is 1.89. The van der Waals surface area contributed by atoms with Crippen LogP contribution in [0.5, 0.6) is 0 Å². The quantitative estimate of drug-likeness (QED) is 0.698. The Bertz CT molecular complexity index is 839. The largest absolute Gasteiger partial charge is 0.451 e. The molecular weight excluding hydrogens is 332 g/mol. The lowest BCUT2D eigenvalue weighted by Crippen LogP contribution is -2.12. The molecule has 0 bridgehead atoms. The number of nitrogens with one attached hydrogen (secondary N) is 1. The molecule has 0 atom stereocenters. The number of hydrogen-bond acceptors (Lipinski definition) is 3. The van der Waals surface area contributed by atoms with Gasteiger partial charge in [0.25, 0.3) is 5.91 Å². The summed E-state index contributed by atoms with van der Waals surface area (Å²) in [6.45, 7) is 3.84.